The molecule has 0 aliphatic carbocycles. The van der Waals surface area contributed by atoms with E-state index in [-0.39, 0.29) is 17.8 Å². The second kappa shape index (κ2) is 5.95. The number of carbonyl (C=O) groups excluding carboxylic acids is 2. The number of halogens is 1. The molecule has 1 heterocycles. The van der Waals surface area contributed by atoms with Crippen LogP contribution in [0.1, 0.15) is 19.3 Å². The van der Waals surface area contributed by atoms with E-state index in [1.165, 1.54) is 7.11 Å². The average Bonchev–Trinajstić information content (AvgIpc) is 2.28. The molecule has 1 fully saturated rings. The van der Waals surface area contributed by atoms with Gasteiger partial charge in [-0.3, -0.25) is 9.59 Å². The molecule has 86 valence electrons. The number of esters is 1. The molecule has 0 saturated carbocycles. The van der Waals surface area contributed by atoms with Crippen molar-refractivity contribution in [2.45, 2.75) is 19.3 Å². The average molecular weight is 234 g/mol. The van der Waals surface area contributed by atoms with Crippen LogP contribution in [0.5, 0.6) is 0 Å². The number of hydrogen-bond donors (Lipinski definition) is 0. The van der Waals surface area contributed by atoms with Crippen LogP contribution < -0.4 is 0 Å². The molecule has 0 aromatic rings. The van der Waals surface area contributed by atoms with Crippen molar-refractivity contribution in [3.63, 3.8) is 0 Å². The number of hydrogen-bond acceptors (Lipinski definition) is 3. The molecule has 1 aliphatic rings. The number of methoxy groups -OCH3 is 1. The molecule has 0 bridgehead atoms. The molecule has 1 rings (SSSR count). The lowest BCUT2D eigenvalue weighted by Gasteiger charge is -2.31. The van der Waals surface area contributed by atoms with Gasteiger partial charge in [-0.15, -0.1) is 11.6 Å². The molecule has 1 saturated heterocycles. The Morgan fingerprint density at radius 2 is 2.27 bits per heavy atom. The van der Waals surface area contributed by atoms with Gasteiger partial charge in [-0.05, 0) is 12.8 Å². The summed E-state index contributed by atoms with van der Waals surface area (Å²) in [4.78, 5) is 24.6. The number of rotatable bonds is 3. The fourth-order valence-corrected chi connectivity index (χ4v) is 1.96. The van der Waals surface area contributed by atoms with Crippen LogP contribution in [0.25, 0.3) is 0 Å². The highest BCUT2D eigenvalue weighted by Gasteiger charge is 2.28. The van der Waals surface area contributed by atoms with E-state index in [1.807, 2.05) is 0 Å². The fraction of sp³-hybridized carbons (Fsp3) is 0.800. The summed E-state index contributed by atoms with van der Waals surface area (Å²) in [6.45, 7) is 1.20. The number of alkyl halides is 1. The van der Waals surface area contributed by atoms with Gasteiger partial charge in [0.15, 0.2) is 0 Å². The Labute approximate surface area is 94.5 Å². The van der Waals surface area contributed by atoms with E-state index >= 15 is 0 Å². The van der Waals surface area contributed by atoms with Gasteiger partial charge in [0.25, 0.3) is 0 Å². The Morgan fingerprint density at radius 3 is 2.87 bits per heavy atom. The first-order valence-electron chi connectivity index (χ1n) is 5.10. The van der Waals surface area contributed by atoms with Crippen molar-refractivity contribution in [2.75, 3.05) is 26.1 Å². The van der Waals surface area contributed by atoms with Gasteiger partial charge in [0.05, 0.1) is 13.0 Å². The summed E-state index contributed by atoms with van der Waals surface area (Å²) in [7, 11) is 1.38. The molecule has 15 heavy (non-hydrogen) atoms. The maximum atomic E-state index is 11.5. The minimum Gasteiger partial charge on any atom is -0.469 e. The normalized spacial score (nSPS) is 21.2. The van der Waals surface area contributed by atoms with Crippen LogP contribution in [-0.4, -0.2) is 42.9 Å². The highest BCUT2D eigenvalue weighted by Crippen LogP contribution is 2.18. The van der Waals surface area contributed by atoms with Gasteiger partial charge in [0.1, 0.15) is 0 Å². The first kappa shape index (κ1) is 12.3. The molecule has 0 aromatic heterocycles. The van der Waals surface area contributed by atoms with E-state index < -0.39 is 0 Å². The number of nitrogens with zero attached hydrogens (tertiary/aromatic N) is 1. The summed E-state index contributed by atoms with van der Waals surface area (Å²) in [5.74, 6) is -0.0295. The van der Waals surface area contributed by atoms with Crippen LogP contribution in [0.3, 0.4) is 0 Å². The third kappa shape index (κ3) is 3.38. The van der Waals surface area contributed by atoms with Crippen molar-refractivity contribution >= 4 is 23.5 Å². The van der Waals surface area contributed by atoms with Crippen LogP contribution >= 0.6 is 11.6 Å². The number of amides is 1. The summed E-state index contributed by atoms with van der Waals surface area (Å²) < 4.78 is 4.67. The van der Waals surface area contributed by atoms with Crippen molar-refractivity contribution in [1.29, 1.82) is 0 Å². The Bertz CT molecular complexity index is 245. The van der Waals surface area contributed by atoms with E-state index in [9.17, 15) is 9.59 Å². The second-order valence-electron chi connectivity index (χ2n) is 3.64. The molecule has 5 heteroatoms. The summed E-state index contributed by atoms with van der Waals surface area (Å²) >= 11 is 5.50. The second-order valence-corrected chi connectivity index (χ2v) is 4.02. The largest absolute Gasteiger partial charge is 0.469 e. The Balaban J connectivity index is 2.48. The van der Waals surface area contributed by atoms with Gasteiger partial charge >= 0.3 is 5.97 Å². The molecular formula is C10H16ClNO3. The predicted octanol–water partition coefficient (Wildman–Crippen LogP) is 1.03. The summed E-state index contributed by atoms with van der Waals surface area (Å²) in [6, 6.07) is 0. The van der Waals surface area contributed by atoms with Crippen LogP contribution in [-0.2, 0) is 14.3 Å². The Morgan fingerprint density at radius 1 is 1.53 bits per heavy atom. The lowest BCUT2D eigenvalue weighted by atomic mass is 9.98. The minimum atomic E-state index is -0.224. The fourth-order valence-electron chi connectivity index (χ4n) is 1.80. The van der Waals surface area contributed by atoms with Gasteiger partial charge < -0.3 is 9.64 Å². The molecule has 1 unspecified atom stereocenters. The lowest BCUT2D eigenvalue weighted by Crippen LogP contribution is -2.42. The predicted molar refractivity (Wildman–Crippen MR) is 56.7 cm³/mol. The zero-order valence-electron chi connectivity index (χ0n) is 8.87. The molecule has 1 aliphatic heterocycles. The maximum absolute atomic E-state index is 11.5. The first-order valence-corrected chi connectivity index (χ1v) is 5.64. The zero-order chi connectivity index (χ0) is 11.3. The van der Waals surface area contributed by atoms with Gasteiger partial charge in [-0.1, -0.05) is 0 Å². The summed E-state index contributed by atoms with van der Waals surface area (Å²) in [6.07, 6.45) is 2.00. The molecule has 0 N–H and O–H groups in total. The van der Waals surface area contributed by atoms with Crippen LogP contribution in [0.4, 0.5) is 0 Å². The molecule has 0 radical (unpaired) electrons. The Hall–Kier alpha value is -0.770. The van der Waals surface area contributed by atoms with Crippen molar-refractivity contribution in [3.8, 4) is 0 Å². The monoisotopic (exact) mass is 233 g/mol. The topological polar surface area (TPSA) is 46.6 Å². The van der Waals surface area contributed by atoms with E-state index in [1.54, 1.807) is 4.90 Å². The SMILES string of the molecule is COC(=O)C1CCCN(C(=O)CCCl)C1. The van der Waals surface area contributed by atoms with Crippen LogP contribution in [0.15, 0.2) is 0 Å². The van der Waals surface area contributed by atoms with Crippen molar-refractivity contribution in [3.05, 3.63) is 0 Å². The molecule has 4 nitrogen and oxygen atoms in total. The number of carbonyl (C=O) groups is 2. The minimum absolute atomic E-state index is 0.0265. The van der Waals surface area contributed by atoms with Crippen molar-refractivity contribution in [1.82, 2.24) is 4.90 Å². The van der Waals surface area contributed by atoms with E-state index in [2.05, 4.69) is 4.74 Å². The molecule has 1 amide bonds. The van der Waals surface area contributed by atoms with E-state index in [0.29, 0.717) is 18.8 Å². The van der Waals surface area contributed by atoms with Crippen LogP contribution in [0.2, 0.25) is 0 Å². The van der Waals surface area contributed by atoms with Crippen molar-refractivity contribution < 1.29 is 14.3 Å². The maximum Gasteiger partial charge on any atom is 0.310 e. The smallest absolute Gasteiger partial charge is 0.310 e. The van der Waals surface area contributed by atoms with Crippen LogP contribution in [0, 0.1) is 5.92 Å². The van der Waals surface area contributed by atoms with Crippen molar-refractivity contribution in [2.24, 2.45) is 5.92 Å². The van der Waals surface area contributed by atoms with E-state index in [0.717, 1.165) is 19.4 Å². The Kier molecular flexibility index (Phi) is 4.88. The van der Waals surface area contributed by atoms with Gasteiger partial charge in [-0.2, -0.15) is 0 Å². The number of ether oxygens (including phenoxy) is 1. The summed E-state index contributed by atoms with van der Waals surface area (Å²) in [5, 5.41) is 0. The molecule has 0 aromatic carbocycles. The van der Waals surface area contributed by atoms with E-state index in [4.69, 9.17) is 11.6 Å². The first-order chi connectivity index (χ1) is 7.19. The van der Waals surface area contributed by atoms with Gasteiger partial charge in [0.2, 0.25) is 5.91 Å². The summed E-state index contributed by atoms with van der Waals surface area (Å²) in [5.41, 5.74) is 0. The lowest BCUT2D eigenvalue weighted by molar-refractivity contribution is -0.148. The highest BCUT2D eigenvalue weighted by molar-refractivity contribution is 6.18. The molecular weight excluding hydrogens is 218 g/mol. The standard InChI is InChI=1S/C10H16ClNO3/c1-15-10(14)8-3-2-6-12(7-8)9(13)4-5-11/h8H,2-7H2,1H3. The number of likely N-dealkylation sites (tertiary alicyclic amines) is 1. The van der Waals surface area contributed by atoms with Gasteiger partial charge in [-0.25, -0.2) is 0 Å². The third-order valence-corrected chi connectivity index (χ3v) is 2.81. The third-order valence-electron chi connectivity index (χ3n) is 2.62. The zero-order valence-corrected chi connectivity index (χ0v) is 9.63. The molecule has 1 atom stereocenters. The highest BCUT2D eigenvalue weighted by atomic mass is 35.5. The van der Waals surface area contributed by atoms with Gasteiger partial charge in [0, 0.05) is 25.4 Å². The number of piperidine rings is 1. The quantitative estimate of drug-likeness (QED) is 0.540. The molecule has 0 spiro atoms.